The van der Waals surface area contributed by atoms with Crippen molar-refractivity contribution < 1.29 is 4.79 Å². The zero-order valence-electron chi connectivity index (χ0n) is 11.9. The monoisotopic (exact) mass is 275 g/mol. The summed E-state index contributed by atoms with van der Waals surface area (Å²) in [4.78, 5) is 12.8. The van der Waals surface area contributed by atoms with Crippen molar-refractivity contribution in [3.63, 3.8) is 0 Å². The Labute approximate surface area is 124 Å². The second-order valence-corrected chi connectivity index (χ2v) is 5.68. The Kier molecular flexibility index (Phi) is 2.88. The van der Waals surface area contributed by atoms with Gasteiger partial charge in [0.05, 0.1) is 5.69 Å². The fraction of sp³-hybridized carbons (Fsp3) is 0.211. The van der Waals surface area contributed by atoms with E-state index in [1.54, 1.807) is 0 Å². The predicted molar refractivity (Wildman–Crippen MR) is 84.7 cm³/mol. The van der Waals surface area contributed by atoms with Crippen molar-refractivity contribution in [3.8, 4) is 0 Å². The van der Waals surface area contributed by atoms with Gasteiger partial charge in [-0.15, -0.1) is 0 Å². The second-order valence-electron chi connectivity index (χ2n) is 5.68. The number of fused-ring (bicyclic) bond motifs is 3. The molecule has 0 spiro atoms. The van der Waals surface area contributed by atoms with Gasteiger partial charge in [0.15, 0.2) is 5.78 Å². The van der Waals surface area contributed by atoms with Gasteiger partial charge in [0.2, 0.25) is 0 Å². The third-order valence-corrected chi connectivity index (χ3v) is 4.36. The van der Waals surface area contributed by atoms with Gasteiger partial charge in [0.1, 0.15) is 0 Å². The lowest BCUT2D eigenvalue weighted by molar-refractivity contribution is 0.0986. The van der Waals surface area contributed by atoms with Crippen molar-refractivity contribution in [2.45, 2.75) is 25.8 Å². The minimum Gasteiger partial charge on any atom is -0.341 e. The molecule has 1 aromatic heterocycles. The standard InChI is InChI=1S/C19H17NO/c21-18(13-14-7-2-1-3-8-14)19-16-10-5-4-9-15(16)17-11-6-12-20(17)19/h1-5,7-10H,6,11-13H2. The maximum atomic E-state index is 12.8. The van der Waals surface area contributed by atoms with Crippen LogP contribution in [-0.4, -0.2) is 10.4 Å². The Balaban J connectivity index is 1.81. The predicted octanol–water partition coefficient (Wildman–Crippen LogP) is 4.01. The SMILES string of the molecule is O=C(Cc1ccccc1)c1c2ccccc2c2n1CCC2. The zero-order valence-corrected chi connectivity index (χ0v) is 11.9. The molecule has 2 heterocycles. The average Bonchev–Trinajstić information content (AvgIpc) is 3.08. The van der Waals surface area contributed by atoms with Crippen molar-refractivity contribution >= 4 is 16.6 Å². The lowest BCUT2D eigenvalue weighted by atomic mass is 10.0. The average molecular weight is 275 g/mol. The largest absolute Gasteiger partial charge is 0.341 e. The van der Waals surface area contributed by atoms with E-state index in [0.717, 1.165) is 36.0 Å². The van der Waals surface area contributed by atoms with Crippen LogP contribution in [-0.2, 0) is 19.4 Å². The summed E-state index contributed by atoms with van der Waals surface area (Å²) in [6, 6.07) is 18.3. The van der Waals surface area contributed by atoms with Gasteiger partial charge in [0.25, 0.3) is 0 Å². The van der Waals surface area contributed by atoms with Crippen LogP contribution in [0.3, 0.4) is 0 Å². The van der Waals surface area contributed by atoms with E-state index in [2.05, 4.69) is 22.8 Å². The number of carbonyl (C=O) groups excluding carboxylic acids is 1. The summed E-state index contributed by atoms with van der Waals surface area (Å²) in [7, 11) is 0. The summed E-state index contributed by atoms with van der Waals surface area (Å²) in [5.74, 6) is 0.227. The molecule has 104 valence electrons. The summed E-state index contributed by atoms with van der Waals surface area (Å²) in [5, 5.41) is 2.37. The molecule has 2 nitrogen and oxygen atoms in total. The Morgan fingerprint density at radius 2 is 1.67 bits per heavy atom. The van der Waals surface area contributed by atoms with E-state index >= 15 is 0 Å². The van der Waals surface area contributed by atoms with E-state index < -0.39 is 0 Å². The molecular formula is C19H17NO. The highest BCUT2D eigenvalue weighted by Crippen LogP contribution is 2.32. The number of ketones is 1. The number of Topliss-reactive ketones (excluding diaryl/α,β-unsaturated/α-hetero) is 1. The molecule has 0 N–H and O–H groups in total. The molecular weight excluding hydrogens is 258 g/mol. The molecule has 0 fully saturated rings. The van der Waals surface area contributed by atoms with E-state index in [1.807, 2.05) is 36.4 Å². The number of nitrogens with zero attached hydrogens (tertiary/aromatic N) is 1. The van der Waals surface area contributed by atoms with Crippen LogP contribution in [0.4, 0.5) is 0 Å². The van der Waals surface area contributed by atoms with Gasteiger partial charge in [-0.05, 0) is 18.4 Å². The van der Waals surface area contributed by atoms with Crippen molar-refractivity contribution in [2.24, 2.45) is 0 Å². The van der Waals surface area contributed by atoms with Crippen molar-refractivity contribution in [1.29, 1.82) is 0 Å². The molecule has 4 rings (SSSR count). The Morgan fingerprint density at radius 3 is 2.48 bits per heavy atom. The Bertz CT molecular complexity index is 814. The van der Waals surface area contributed by atoms with E-state index in [1.165, 1.54) is 11.1 Å². The zero-order chi connectivity index (χ0) is 14.2. The van der Waals surface area contributed by atoms with Gasteiger partial charge >= 0.3 is 0 Å². The third kappa shape index (κ3) is 1.99. The number of carbonyl (C=O) groups is 1. The Morgan fingerprint density at radius 1 is 0.952 bits per heavy atom. The number of benzene rings is 2. The number of aromatic nitrogens is 1. The first-order chi connectivity index (χ1) is 10.3. The second kappa shape index (κ2) is 4.88. The lowest BCUT2D eigenvalue weighted by Crippen LogP contribution is -2.10. The summed E-state index contributed by atoms with van der Waals surface area (Å²) < 4.78 is 2.25. The van der Waals surface area contributed by atoms with Crippen LogP contribution in [0.2, 0.25) is 0 Å². The number of rotatable bonds is 3. The lowest BCUT2D eigenvalue weighted by Gasteiger charge is -2.06. The van der Waals surface area contributed by atoms with Crippen LogP contribution in [0.1, 0.15) is 28.2 Å². The highest BCUT2D eigenvalue weighted by molar-refractivity contribution is 6.09. The van der Waals surface area contributed by atoms with E-state index in [0.29, 0.717) is 6.42 Å². The van der Waals surface area contributed by atoms with Gasteiger partial charge < -0.3 is 4.57 Å². The van der Waals surface area contributed by atoms with E-state index in [9.17, 15) is 4.79 Å². The van der Waals surface area contributed by atoms with Crippen LogP contribution in [0.25, 0.3) is 10.8 Å². The molecule has 2 heteroatoms. The molecule has 3 aromatic rings. The topological polar surface area (TPSA) is 22.0 Å². The molecule has 0 bridgehead atoms. The molecule has 2 aromatic carbocycles. The van der Waals surface area contributed by atoms with Gasteiger partial charge in [0, 0.05) is 29.4 Å². The first kappa shape index (κ1) is 12.4. The molecule has 0 saturated heterocycles. The molecule has 1 aliphatic rings. The van der Waals surface area contributed by atoms with Crippen LogP contribution in [0, 0.1) is 0 Å². The maximum Gasteiger partial charge on any atom is 0.184 e. The molecule has 1 aliphatic heterocycles. The molecule has 0 radical (unpaired) electrons. The smallest absolute Gasteiger partial charge is 0.184 e. The summed E-state index contributed by atoms with van der Waals surface area (Å²) in [6.07, 6.45) is 2.71. The fourth-order valence-electron chi connectivity index (χ4n) is 3.45. The van der Waals surface area contributed by atoms with Gasteiger partial charge in [-0.1, -0.05) is 54.6 Å². The first-order valence-electron chi connectivity index (χ1n) is 7.52. The highest BCUT2D eigenvalue weighted by Gasteiger charge is 2.24. The number of hydrogen-bond donors (Lipinski definition) is 0. The molecule has 0 aliphatic carbocycles. The molecule has 0 amide bonds. The van der Waals surface area contributed by atoms with Crippen LogP contribution in [0.5, 0.6) is 0 Å². The first-order valence-corrected chi connectivity index (χ1v) is 7.52. The Hall–Kier alpha value is -2.35. The number of hydrogen-bond acceptors (Lipinski definition) is 1. The van der Waals surface area contributed by atoms with E-state index in [-0.39, 0.29) is 5.78 Å². The normalized spacial score (nSPS) is 13.5. The summed E-state index contributed by atoms with van der Waals surface area (Å²) >= 11 is 0. The molecule has 0 unspecified atom stereocenters. The maximum absolute atomic E-state index is 12.8. The highest BCUT2D eigenvalue weighted by atomic mass is 16.1. The summed E-state index contributed by atoms with van der Waals surface area (Å²) in [6.45, 7) is 0.972. The quantitative estimate of drug-likeness (QED) is 0.662. The van der Waals surface area contributed by atoms with Gasteiger partial charge in [-0.3, -0.25) is 4.79 Å². The third-order valence-electron chi connectivity index (χ3n) is 4.36. The number of aryl methyl sites for hydroxylation is 1. The minimum atomic E-state index is 0.227. The minimum absolute atomic E-state index is 0.227. The van der Waals surface area contributed by atoms with Crippen molar-refractivity contribution in [1.82, 2.24) is 4.57 Å². The van der Waals surface area contributed by atoms with Crippen LogP contribution in [0.15, 0.2) is 54.6 Å². The molecule has 0 saturated carbocycles. The fourth-order valence-corrected chi connectivity index (χ4v) is 3.45. The van der Waals surface area contributed by atoms with Crippen molar-refractivity contribution in [3.05, 3.63) is 71.5 Å². The van der Waals surface area contributed by atoms with Crippen LogP contribution >= 0.6 is 0 Å². The summed E-state index contributed by atoms with van der Waals surface area (Å²) in [5.41, 5.74) is 3.32. The van der Waals surface area contributed by atoms with Crippen molar-refractivity contribution in [2.75, 3.05) is 0 Å². The van der Waals surface area contributed by atoms with Crippen LogP contribution < -0.4 is 0 Å². The molecule has 0 atom stereocenters. The van der Waals surface area contributed by atoms with Gasteiger partial charge in [-0.25, -0.2) is 0 Å². The van der Waals surface area contributed by atoms with E-state index in [4.69, 9.17) is 0 Å². The molecule has 21 heavy (non-hydrogen) atoms. The van der Waals surface area contributed by atoms with Gasteiger partial charge in [-0.2, -0.15) is 0 Å².